The van der Waals surface area contributed by atoms with Crippen molar-refractivity contribution in [2.75, 3.05) is 13.6 Å². The van der Waals surface area contributed by atoms with E-state index < -0.39 is 0 Å². The number of aromatic nitrogens is 2. The summed E-state index contributed by atoms with van der Waals surface area (Å²) in [6.45, 7) is 2.35. The molecule has 5 nitrogen and oxygen atoms in total. The van der Waals surface area contributed by atoms with Gasteiger partial charge in [-0.3, -0.25) is 9.69 Å². The Labute approximate surface area is 152 Å². The number of Topliss-reactive ketones (excluding diaryl/α,β-unsaturated/α-hetero) is 1. The number of nitrogens with zero attached hydrogens (tertiary/aromatic N) is 3. The van der Waals surface area contributed by atoms with Crippen molar-refractivity contribution in [1.82, 2.24) is 14.9 Å². The van der Waals surface area contributed by atoms with Crippen molar-refractivity contribution in [3.8, 4) is 17.3 Å². The lowest BCUT2D eigenvalue weighted by atomic mass is 10.1. The summed E-state index contributed by atoms with van der Waals surface area (Å²) in [5, 5.41) is 0.890. The standard InChI is InChI=1S/C21H21N3O2/c1-14(25)19-12-16(13-24(19)2)26-21-17-10-6-7-11-18(17)22-20(23-21)15-8-4-3-5-9-15/h3-11,16,19H,12-13H2,1-2H3. The number of rotatable bonds is 4. The third-order valence-corrected chi connectivity index (χ3v) is 4.86. The number of para-hydroxylation sites is 1. The summed E-state index contributed by atoms with van der Waals surface area (Å²) in [6.07, 6.45) is 0.626. The molecule has 3 aromatic rings. The molecule has 26 heavy (non-hydrogen) atoms. The van der Waals surface area contributed by atoms with Gasteiger partial charge in [0.1, 0.15) is 11.9 Å². The number of fused-ring (bicyclic) bond motifs is 1. The van der Waals surface area contributed by atoms with Crippen molar-refractivity contribution in [3.05, 3.63) is 54.6 Å². The van der Waals surface area contributed by atoms with E-state index in [0.29, 0.717) is 24.7 Å². The van der Waals surface area contributed by atoms with E-state index in [-0.39, 0.29) is 17.9 Å². The highest BCUT2D eigenvalue weighted by atomic mass is 16.5. The second kappa shape index (κ2) is 6.84. The molecule has 0 N–H and O–H groups in total. The Bertz CT molecular complexity index is 942. The fourth-order valence-electron chi connectivity index (χ4n) is 3.53. The first-order valence-corrected chi connectivity index (χ1v) is 8.81. The lowest BCUT2D eigenvalue weighted by Gasteiger charge is -2.15. The van der Waals surface area contributed by atoms with Crippen LogP contribution in [0.15, 0.2) is 54.6 Å². The zero-order chi connectivity index (χ0) is 18.1. The second-order valence-electron chi connectivity index (χ2n) is 6.78. The molecule has 1 aromatic heterocycles. The van der Waals surface area contributed by atoms with Crippen LogP contribution >= 0.6 is 0 Å². The van der Waals surface area contributed by atoms with E-state index in [0.717, 1.165) is 16.5 Å². The quantitative estimate of drug-likeness (QED) is 0.724. The van der Waals surface area contributed by atoms with Crippen LogP contribution < -0.4 is 4.74 Å². The Balaban J connectivity index is 1.71. The summed E-state index contributed by atoms with van der Waals surface area (Å²) in [5.74, 6) is 1.40. The van der Waals surface area contributed by atoms with Crippen molar-refractivity contribution in [2.45, 2.75) is 25.5 Å². The van der Waals surface area contributed by atoms with Crippen LogP contribution in [0, 0.1) is 0 Å². The maximum Gasteiger partial charge on any atom is 0.225 e. The molecule has 1 aliphatic heterocycles. The predicted octanol–water partition coefficient (Wildman–Crippen LogP) is 3.34. The van der Waals surface area contributed by atoms with E-state index in [1.807, 2.05) is 61.6 Å². The van der Waals surface area contributed by atoms with E-state index >= 15 is 0 Å². The molecular weight excluding hydrogens is 326 g/mol. The summed E-state index contributed by atoms with van der Waals surface area (Å²) >= 11 is 0. The number of hydrogen-bond acceptors (Lipinski definition) is 5. The van der Waals surface area contributed by atoms with Crippen molar-refractivity contribution < 1.29 is 9.53 Å². The number of hydrogen-bond donors (Lipinski definition) is 0. The largest absolute Gasteiger partial charge is 0.472 e. The van der Waals surface area contributed by atoms with E-state index in [1.54, 1.807) is 6.92 Å². The lowest BCUT2D eigenvalue weighted by molar-refractivity contribution is -0.120. The van der Waals surface area contributed by atoms with E-state index in [9.17, 15) is 4.79 Å². The molecule has 5 heteroatoms. The van der Waals surface area contributed by atoms with Gasteiger partial charge in [-0.2, -0.15) is 4.98 Å². The Morgan fingerprint density at radius 2 is 1.81 bits per heavy atom. The molecule has 0 radical (unpaired) electrons. The highest BCUT2D eigenvalue weighted by molar-refractivity contribution is 5.85. The Kier molecular flexibility index (Phi) is 4.39. The molecule has 1 aliphatic rings. The molecule has 1 saturated heterocycles. The van der Waals surface area contributed by atoms with Crippen molar-refractivity contribution in [2.24, 2.45) is 0 Å². The van der Waals surface area contributed by atoms with Crippen molar-refractivity contribution >= 4 is 16.7 Å². The molecule has 4 rings (SSSR count). The maximum atomic E-state index is 11.8. The smallest absolute Gasteiger partial charge is 0.225 e. The molecule has 2 unspecified atom stereocenters. The summed E-state index contributed by atoms with van der Waals surface area (Å²) < 4.78 is 6.26. The van der Waals surface area contributed by atoms with Gasteiger partial charge in [-0.05, 0) is 26.1 Å². The molecular formula is C21H21N3O2. The molecule has 2 heterocycles. The van der Waals surface area contributed by atoms with Crippen LogP contribution in [-0.2, 0) is 4.79 Å². The Morgan fingerprint density at radius 1 is 1.08 bits per heavy atom. The highest BCUT2D eigenvalue weighted by Gasteiger charge is 2.34. The van der Waals surface area contributed by atoms with E-state index in [2.05, 4.69) is 9.88 Å². The first kappa shape index (κ1) is 16.7. The SMILES string of the molecule is CC(=O)C1CC(Oc2nc(-c3ccccc3)nc3ccccc23)CN1C. The minimum Gasteiger partial charge on any atom is -0.472 e. The summed E-state index contributed by atoms with van der Waals surface area (Å²) in [4.78, 5) is 23.2. The van der Waals surface area contributed by atoms with Crippen LogP contribution in [0.4, 0.5) is 0 Å². The number of ketones is 1. The average molecular weight is 347 g/mol. The second-order valence-corrected chi connectivity index (χ2v) is 6.78. The molecule has 0 bridgehead atoms. The van der Waals surface area contributed by atoms with Gasteiger partial charge in [-0.15, -0.1) is 0 Å². The molecule has 0 saturated carbocycles. The van der Waals surface area contributed by atoms with Crippen LogP contribution in [0.25, 0.3) is 22.3 Å². The van der Waals surface area contributed by atoms with Crippen LogP contribution in [0.5, 0.6) is 5.88 Å². The predicted molar refractivity (Wildman–Crippen MR) is 101 cm³/mol. The maximum absolute atomic E-state index is 11.8. The van der Waals surface area contributed by atoms with Gasteiger partial charge < -0.3 is 4.74 Å². The molecule has 2 atom stereocenters. The van der Waals surface area contributed by atoms with Gasteiger partial charge in [0.25, 0.3) is 0 Å². The fraction of sp³-hybridized carbons (Fsp3) is 0.286. The number of carbonyl (C=O) groups excluding carboxylic acids is 1. The Morgan fingerprint density at radius 3 is 2.54 bits per heavy atom. The van der Waals surface area contributed by atoms with Crippen molar-refractivity contribution in [1.29, 1.82) is 0 Å². The zero-order valence-corrected chi connectivity index (χ0v) is 14.9. The average Bonchev–Trinajstić information content (AvgIpc) is 3.03. The van der Waals surface area contributed by atoms with Gasteiger partial charge in [0.2, 0.25) is 5.88 Å². The van der Waals surface area contributed by atoms with Crippen molar-refractivity contribution in [3.63, 3.8) is 0 Å². The molecule has 0 aliphatic carbocycles. The molecule has 0 spiro atoms. The van der Waals surface area contributed by atoms with Crippen LogP contribution in [-0.4, -0.2) is 46.4 Å². The topological polar surface area (TPSA) is 55.3 Å². The summed E-state index contributed by atoms with van der Waals surface area (Å²) in [6, 6.07) is 17.7. The van der Waals surface area contributed by atoms with Gasteiger partial charge in [-0.25, -0.2) is 4.98 Å². The normalized spacial score (nSPS) is 20.4. The lowest BCUT2D eigenvalue weighted by Crippen LogP contribution is -2.31. The number of carbonyl (C=O) groups is 1. The number of benzene rings is 2. The monoisotopic (exact) mass is 347 g/mol. The molecule has 2 aromatic carbocycles. The molecule has 0 amide bonds. The Hall–Kier alpha value is -2.79. The fourth-order valence-corrected chi connectivity index (χ4v) is 3.53. The number of likely N-dealkylation sites (N-methyl/N-ethyl adjacent to an activating group) is 1. The molecule has 132 valence electrons. The number of likely N-dealkylation sites (tertiary alicyclic amines) is 1. The van der Waals surface area contributed by atoms with E-state index in [1.165, 1.54) is 0 Å². The number of ether oxygens (including phenoxy) is 1. The minimum absolute atomic E-state index is 0.0594. The van der Waals surface area contributed by atoms with E-state index in [4.69, 9.17) is 9.72 Å². The highest BCUT2D eigenvalue weighted by Crippen LogP contribution is 2.29. The molecule has 1 fully saturated rings. The first-order valence-electron chi connectivity index (χ1n) is 8.81. The van der Waals surface area contributed by atoms with Crippen LogP contribution in [0.1, 0.15) is 13.3 Å². The summed E-state index contributed by atoms with van der Waals surface area (Å²) in [5.41, 5.74) is 1.80. The third kappa shape index (κ3) is 3.18. The minimum atomic E-state index is -0.0818. The summed E-state index contributed by atoms with van der Waals surface area (Å²) in [7, 11) is 1.96. The van der Waals surface area contributed by atoms with Gasteiger partial charge in [0, 0.05) is 18.5 Å². The van der Waals surface area contributed by atoms with Crippen LogP contribution in [0.3, 0.4) is 0 Å². The first-order chi connectivity index (χ1) is 12.6. The van der Waals surface area contributed by atoms with Crippen LogP contribution in [0.2, 0.25) is 0 Å². The van der Waals surface area contributed by atoms with Gasteiger partial charge in [-0.1, -0.05) is 42.5 Å². The van der Waals surface area contributed by atoms with Gasteiger partial charge in [0.15, 0.2) is 5.82 Å². The van der Waals surface area contributed by atoms with Gasteiger partial charge >= 0.3 is 0 Å². The zero-order valence-electron chi connectivity index (χ0n) is 14.9. The third-order valence-electron chi connectivity index (χ3n) is 4.86. The van der Waals surface area contributed by atoms with Gasteiger partial charge in [0.05, 0.1) is 16.9 Å².